The van der Waals surface area contributed by atoms with Crippen molar-refractivity contribution in [1.29, 1.82) is 0 Å². The second-order valence-electron chi connectivity index (χ2n) is 6.66. The fourth-order valence-corrected chi connectivity index (χ4v) is 3.88. The summed E-state index contributed by atoms with van der Waals surface area (Å²) in [4.78, 5) is 31.4. The monoisotopic (exact) mass is 328 g/mol. The Morgan fingerprint density at radius 2 is 2.12 bits per heavy atom. The van der Waals surface area contributed by atoms with Gasteiger partial charge in [0, 0.05) is 44.7 Å². The van der Waals surface area contributed by atoms with Gasteiger partial charge in [-0.15, -0.1) is 0 Å². The Balaban J connectivity index is 1.78. The number of benzene rings is 1. The molecule has 1 amide bonds. The highest BCUT2D eigenvalue weighted by molar-refractivity contribution is 5.82. The first-order chi connectivity index (χ1) is 11.7. The van der Waals surface area contributed by atoms with E-state index >= 15 is 0 Å². The molecule has 1 aromatic rings. The molecule has 3 unspecified atom stereocenters. The van der Waals surface area contributed by atoms with E-state index < -0.39 is 0 Å². The van der Waals surface area contributed by atoms with Crippen molar-refractivity contribution in [2.75, 3.05) is 39.8 Å². The summed E-state index contributed by atoms with van der Waals surface area (Å²) in [5, 5.41) is 3.42. The molecule has 6 nitrogen and oxygen atoms in total. The summed E-state index contributed by atoms with van der Waals surface area (Å²) in [6, 6.07) is 10.3. The molecular formula is C18H24N4O2. The number of likely N-dealkylation sites (tertiary alicyclic amines) is 1. The zero-order chi connectivity index (χ0) is 16.9. The van der Waals surface area contributed by atoms with Gasteiger partial charge in [-0.05, 0) is 12.6 Å². The molecule has 2 heterocycles. The number of nitrogens with one attached hydrogen (secondary N) is 1. The molecule has 2 fully saturated rings. The van der Waals surface area contributed by atoms with Crippen LogP contribution in [0.1, 0.15) is 5.56 Å². The van der Waals surface area contributed by atoms with E-state index in [1.807, 2.05) is 35.2 Å². The normalized spacial score (nSPS) is 28.0. The number of amides is 1. The molecule has 6 heteroatoms. The number of carbonyl (C=O) groups is 1. The van der Waals surface area contributed by atoms with E-state index in [0.717, 1.165) is 25.2 Å². The first-order valence-electron chi connectivity index (χ1n) is 8.48. The molecule has 0 spiro atoms. The van der Waals surface area contributed by atoms with E-state index in [0.29, 0.717) is 13.1 Å². The Morgan fingerprint density at radius 3 is 2.83 bits per heavy atom. The van der Waals surface area contributed by atoms with Crippen molar-refractivity contribution in [3.05, 3.63) is 35.9 Å². The molecule has 3 atom stereocenters. The fourth-order valence-electron chi connectivity index (χ4n) is 3.88. The fraction of sp³-hybridized carbons (Fsp3) is 0.556. The maximum atomic E-state index is 12.9. The van der Waals surface area contributed by atoms with E-state index in [-0.39, 0.29) is 30.3 Å². The molecule has 0 aliphatic carbocycles. The second kappa shape index (κ2) is 7.71. The van der Waals surface area contributed by atoms with E-state index in [1.54, 1.807) is 6.08 Å². The molecular weight excluding hydrogens is 304 g/mol. The van der Waals surface area contributed by atoms with Gasteiger partial charge in [0.2, 0.25) is 12.0 Å². The summed E-state index contributed by atoms with van der Waals surface area (Å²) in [5.41, 5.74) is 1.12. The van der Waals surface area contributed by atoms with Gasteiger partial charge >= 0.3 is 0 Å². The molecule has 0 saturated carbocycles. The minimum atomic E-state index is -0.234. The highest BCUT2D eigenvalue weighted by Gasteiger charge is 2.45. The molecule has 2 aliphatic rings. The van der Waals surface area contributed by atoms with E-state index in [9.17, 15) is 9.59 Å². The van der Waals surface area contributed by atoms with Crippen molar-refractivity contribution >= 4 is 12.0 Å². The van der Waals surface area contributed by atoms with Crippen LogP contribution in [0.5, 0.6) is 0 Å². The van der Waals surface area contributed by atoms with Crippen molar-refractivity contribution in [3.8, 4) is 0 Å². The number of hydrogen-bond donors (Lipinski definition) is 1. The first-order valence-corrected chi connectivity index (χ1v) is 8.48. The summed E-state index contributed by atoms with van der Waals surface area (Å²) < 4.78 is 0. The number of piperazine rings is 1. The van der Waals surface area contributed by atoms with Gasteiger partial charge in [-0.3, -0.25) is 4.79 Å². The molecule has 24 heavy (non-hydrogen) atoms. The Bertz CT molecular complexity index is 615. The minimum Gasteiger partial charge on any atom is -0.338 e. The van der Waals surface area contributed by atoms with Crippen LogP contribution in [0.15, 0.2) is 35.3 Å². The van der Waals surface area contributed by atoms with Crippen LogP contribution in [0.3, 0.4) is 0 Å². The maximum absolute atomic E-state index is 12.9. The van der Waals surface area contributed by atoms with E-state index in [4.69, 9.17) is 0 Å². The summed E-state index contributed by atoms with van der Waals surface area (Å²) in [6.07, 6.45) is 1.59. The first kappa shape index (κ1) is 16.8. The SMILES string of the molecule is CN1CCNCC1C1CN(Cc2ccccc2)C(=O)C1CN=C=O. The van der Waals surface area contributed by atoms with Crippen LogP contribution in [0, 0.1) is 11.8 Å². The van der Waals surface area contributed by atoms with Crippen LogP contribution in [0.25, 0.3) is 0 Å². The van der Waals surface area contributed by atoms with Crippen LogP contribution < -0.4 is 5.32 Å². The molecule has 1 N–H and O–H groups in total. The number of rotatable bonds is 5. The van der Waals surface area contributed by atoms with Crippen molar-refractivity contribution in [2.45, 2.75) is 12.6 Å². The van der Waals surface area contributed by atoms with Gasteiger partial charge in [0.15, 0.2) is 0 Å². The predicted molar refractivity (Wildman–Crippen MR) is 91.1 cm³/mol. The van der Waals surface area contributed by atoms with Gasteiger partial charge < -0.3 is 15.1 Å². The Hall–Kier alpha value is -2.01. The number of likely N-dealkylation sites (N-methyl/N-ethyl adjacent to an activating group) is 1. The topological polar surface area (TPSA) is 65.0 Å². The predicted octanol–water partition coefficient (Wildman–Crippen LogP) is 0.501. The Kier molecular flexibility index (Phi) is 5.41. The van der Waals surface area contributed by atoms with Crippen LogP contribution in [0.2, 0.25) is 0 Å². The molecule has 0 bridgehead atoms. The lowest BCUT2D eigenvalue weighted by Crippen LogP contribution is -2.54. The van der Waals surface area contributed by atoms with Crippen molar-refractivity contribution in [2.24, 2.45) is 16.8 Å². The van der Waals surface area contributed by atoms with Gasteiger partial charge in [0.05, 0.1) is 12.5 Å². The third-order valence-electron chi connectivity index (χ3n) is 5.20. The lowest BCUT2D eigenvalue weighted by Gasteiger charge is -2.38. The minimum absolute atomic E-state index is 0.0989. The highest BCUT2D eigenvalue weighted by atomic mass is 16.2. The number of aliphatic imine (C=N–C) groups is 1. The molecule has 2 aliphatic heterocycles. The van der Waals surface area contributed by atoms with Crippen LogP contribution >= 0.6 is 0 Å². The van der Waals surface area contributed by atoms with Crippen LogP contribution in [-0.2, 0) is 16.1 Å². The third kappa shape index (κ3) is 3.56. The smallest absolute Gasteiger partial charge is 0.234 e. The van der Waals surface area contributed by atoms with Gasteiger partial charge in [0.25, 0.3) is 0 Å². The van der Waals surface area contributed by atoms with Crippen molar-refractivity contribution in [3.63, 3.8) is 0 Å². The summed E-state index contributed by atoms with van der Waals surface area (Å²) in [6.45, 7) is 4.37. The second-order valence-corrected chi connectivity index (χ2v) is 6.66. The zero-order valence-corrected chi connectivity index (χ0v) is 14.0. The molecule has 3 rings (SSSR count). The molecule has 0 aromatic heterocycles. The van der Waals surface area contributed by atoms with Crippen LogP contribution in [-0.4, -0.2) is 67.6 Å². The average molecular weight is 328 g/mol. The average Bonchev–Trinajstić information content (AvgIpc) is 2.90. The lowest BCUT2D eigenvalue weighted by molar-refractivity contribution is -0.131. The standard InChI is InChI=1S/C18H24N4O2/c1-21-8-7-19-10-17(21)16-12-22(11-14-5-3-2-4-6-14)18(24)15(16)9-20-13-23/h2-6,15-17,19H,7-12H2,1H3. The number of hydrogen-bond acceptors (Lipinski definition) is 5. The van der Waals surface area contributed by atoms with Gasteiger partial charge in [-0.2, -0.15) is 0 Å². The third-order valence-corrected chi connectivity index (χ3v) is 5.20. The Morgan fingerprint density at radius 1 is 1.33 bits per heavy atom. The molecule has 128 valence electrons. The summed E-state index contributed by atoms with van der Waals surface area (Å²) >= 11 is 0. The molecule has 2 saturated heterocycles. The Labute approximate surface area is 142 Å². The quantitative estimate of drug-likeness (QED) is 0.631. The van der Waals surface area contributed by atoms with Gasteiger partial charge in [-0.25, -0.2) is 9.79 Å². The van der Waals surface area contributed by atoms with E-state index in [2.05, 4.69) is 22.3 Å². The van der Waals surface area contributed by atoms with Crippen molar-refractivity contribution < 1.29 is 9.59 Å². The largest absolute Gasteiger partial charge is 0.338 e. The highest BCUT2D eigenvalue weighted by Crippen LogP contribution is 2.31. The number of carbonyl (C=O) groups excluding carboxylic acids is 2. The molecule has 1 aromatic carbocycles. The van der Waals surface area contributed by atoms with Crippen molar-refractivity contribution in [1.82, 2.24) is 15.1 Å². The summed E-state index contributed by atoms with van der Waals surface area (Å²) in [5.74, 6) is 0.0421. The lowest BCUT2D eigenvalue weighted by atomic mass is 9.87. The summed E-state index contributed by atoms with van der Waals surface area (Å²) in [7, 11) is 2.11. The molecule has 0 radical (unpaired) electrons. The number of nitrogens with zero attached hydrogens (tertiary/aromatic N) is 3. The van der Waals surface area contributed by atoms with Crippen LogP contribution in [0.4, 0.5) is 0 Å². The number of isocyanates is 1. The maximum Gasteiger partial charge on any atom is 0.234 e. The van der Waals surface area contributed by atoms with E-state index in [1.165, 1.54) is 0 Å². The van der Waals surface area contributed by atoms with Gasteiger partial charge in [-0.1, -0.05) is 30.3 Å². The zero-order valence-electron chi connectivity index (χ0n) is 14.0. The van der Waals surface area contributed by atoms with Gasteiger partial charge in [0.1, 0.15) is 0 Å².